The fourth-order valence-corrected chi connectivity index (χ4v) is 7.20. The third-order valence-corrected chi connectivity index (χ3v) is 8.88. The highest BCUT2D eigenvalue weighted by molar-refractivity contribution is 9.11. The number of phenols is 2. The molecule has 0 amide bonds. The van der Waals surface area contributed by atoms with Crippen LogP contribution in [0.5, 0.6) is 11.5 Å². The van der Waals surface area contributed by atoms with E-state index >= 15 is 0 Å². The van der Waals surface area contributed by atoms with Gasteiger partial charge in [0.25, 0.3) is 0 Å². The summed E-state index contributed by atoms with van der Waals surface area (Å²) in [6, 6.07) is 23.6. The Balaban J connectivity index is 1.94. The summed E-state index contributed by atoms with van der Waals surface area (Å²) in [6.07, 6.45) is 0. The zero-order valence-corrected chi connectivity index (χ0v) is 19.9. The molecule has 0 fully saturated rings. The normalized spacial score (nSPS) is 11.4. The zero-order valence-electron chi connectivity index (χ0n) is 16.0. The van der Waals surface area contributed by atoms with E-state index in [1.807, 2.05) is 36.4 Å². The van der Waals surface area contributed by atoms with Crippen LogP contribution in [0.1, 0.15) is 0 Å². The average Bonchev–Trinajstić information content (AvgIpc) is 2.75. The second kappa shape index (κ2) is 8.49. The predicted molar refractivity (Wildman–Crippen MR) is 128 cm³/mol. The van der Waals surface area contributed by atoms with Gasteiger partial charge < -0.3 is 10.2 Å². The molecule has 0 atom stereocenters. The van der Waals surface area contributed by atoms with Crippen LogP contribution >= 0.6 is 31.9 Å². The van der Waals surface area contributed by atoms with E-state index in [-0.39, 0.29) is 30.2 Å². The van der Waals surface area contributed by atoms with E-state index in [2.05, 4.69) is 31.9 Å². The second-order valence-corrected chi connectivity index (χ2v) is 10.3. The van der Waals surface area contributed by atoms with Crippen LogP contribution in [0.2, 0.25) is 0 Å². The summed E-state index contributed by atoms with van der Waals surface area (Å²) >= 11 is 6.80. The fraction of sp³-hybridized carbons (Fsp3) is 0. The molecule has 4 aromatic rings. The van der Waals surface area contributed by atoms with E-state index in [0.29, 0.717) is 22.3 Å². The van der Waals surface area contributed by atoms with Gasteiger partial charge in [-0.2, -0.15) is 0 Å². The van der Waals surface area contributed by atoms with Crippen LogP contribution in [0.15, 0.2) is 104 Å². The second-order valence-electron chi connectivity index (χ2n) is 6.78. The molecule has 0 radical (unpaired) electrons. The lowest BCUT2D eigenvalue weighted by Crippen LogP contribution is -2.05. The number of sulfone groups is 1. The van der Waals surface area contributed by atoms with Crippen LogP contribution in [-0.4, -0.2) is 18.6 Å². The Hall–Kier alpha value is -2.61. The highest BCUT2D eigenvalue weighted by Gasteiger charge is 2.28. The first-order valence-corrected chi connectivity index (χ1v) is 12.3. The van der Waals surface area contributed by atoms with Gasteiger partial charge in [-0.05, 0) is 67.3 Å². The molecular formula is C24H16Br2O4S. The Labute approximate surface area is 197 Å². The molecule has 0 aliphatic rings. The monoisotopic (exact) mass is 558 g/mol. The first kappa shape index (κ1) is 21.6. The van der Waals surface area contributed by atoms with Crippen molar-refractivity contribution in [2.24, 2.45) is 0 Å². The predicted octanol–water partition coefficient (Wildman–Crippen LogP) is 6.79. The van der Waals surface area contributed by atoms with E-state index < -0.39 is 9.84 Å². The Bertz CT molecular complexity index is 1270. The molecule has 0 heterocycles. The average molecular weight is 560 g/mol. The summed E-state index contributed by atoms with van der Waals surface area (Å²) in [6.45, 7) is 0. The number of phenolic OH excluding ortho intramolecular Hbond substituents is 2. The molecule has 4 nitrogen and oxygen atoms in total. The minimum absolute atomic E-state index is 0.00885. The number of halogens is 2. The van der Waals surface area contributed by atoms with Gasteiger partial charge in [-0.25, -0.2) is 8.42 Å². The summed E-state index contributed by atoms with van der Waals surface area (Å²) < 4.78 is 27.8. The third kappa shape index (κ3) is 3.89. The first-order chi connectivity index (χ1) is 14.8. The lowest BCUT2D eigenvalue weighted by Gasteiger charge is -2.16. The zero-order chi connectivity index (χ0) is 22.2. The van der Waals surface area contributed by atoms with E-state index in [4.69, 9.17) is 0 Å². The first-order valence-electron chi connectivity index (χ1n) is 9.21. The highest BCUT2D eigenvalue weighted by atomic mass is 79.9. The molecule has 0 aliphatic heterocycles. The minimum atomic E-state index is -4.01. The molecular weight excluding hydrogens is 544 g/mol. The number of benzene rings is 4. The molecule has 7 heteroatoms. The van der Waals surface area contributed by atoms with Crippen LogP contribution < -0.4 is 0 Å². The molecule has 156 valence electrons. The molecule has 4 rings (SSSR count). The van der Waals surface area contributed by atoms with E-state index in [9.17, 15) is 18.6 Å². The van der Waals surface area contributed by atoms with Gasteiger partial charge in [-0.1, -0.05) is 60.7 Å². The summed E-state index contributed by atoms with van der Waals surface area (Å²) in [4.78, 5) is 0.0177. The van der Waals surface area contributed by atoms with Gasteiger partial charge in [0.2, 0.25) is 9.84 Å². The Kier molecular flexibility index (Phi) is 5.92. The Morgan fingerprint density at radius 2 is 0.903 bits per heavy atom. The molecule has 0 spiro atoms. The van der Waals surface area contributed by atoms with Crippen LogP contribution in [-0.2, 0) is 9.84 Å². The van der Waals surface area contributed by atoms with Crippen LogP contribution in [0.25, 0.3) is 22.3 Å². The van der Waals surface area contributed by atoms with Crippen molar-refractivity contribution in [2.75, 3.05) is 0 Å². The Morgan fingerprint density at radius 3 is 1.26 bits per heavy atom. The maximum Gasteiger partial charge on any atom is 0.208 e. The topological polar surface area (TPSA) is 74.6 Å². The Morgan fingerprint density at radius 1 is 0.548 bits per heavy atom. The SMILES string of the molecule is O=S(=O)(c1ccc(O)c(-c2ccccc2)c1Br)c1ccc(O)c(-c2ccccc2)c1Br. The molecule has 2 N–H and O–H groups in total. The van der Waals surface area contributed by atoms with Crippen LogP contribution in [0, 0.1) is 0 Å². The maximum atomic E-state index is 13.6. The summed E-state index contributed by atoms with van der Waals surface area (Å²) in [7, 11) is -4.01. The van der Waals surface area contributed by atoms with Crippen molar-refractivity contribution >= 4 is 41.7 Å². The van der Waals surface area contributed by atoms with Gasteiger partial charge in [-0.3, -0.25) is 0 Å². The van der Waals surface area contributed by atoms with Crippen molar-refractivity contribution in [3.63, 3.8) is 0 Å². The molecule has 0 aliphatic carbocycles. The van der Waals surface area contributed by atoms with E-state index in [1.165, 1.54) is 24.3 Å². The van der Waals surface area contributed by atoms with Gasteiger partial charge in [0.1, 0.15) is 11.5 Å². The lowest BCUT2D eigenvalue weighted by molar-refractivity contribution is 0.476. The summed E-state index contributed by atoms with van der Waals surface area (Å²) in [5.41, 5.74) is 2.14. The van der Waals surface area contributed by atoms with Gasteiger partial charge in [0.15, 0.2) is 0 Å². The van der Waals surface area contributed by atoms with Crippen molar-refractivity contribution in [3.05, 3.63) is 93.9 Å². The molecule has 0 aromatic heterocycles. The smallest absolute Gasteiger partial charge is 0.208 e. The van der Waals surface area contributed by atoms with Crippen LogP contribution in [0.3, 0.4) is 0 Å². The lowest BCUT2D eigenvalue weighted by atomic mass is 10.0. The number of aromatic hydroxyl groups is 2. The van der Waals surface area contributed by atoms with Gasteiger partial charge in [-0.15, -0.1) is 0 Å². The highest BCUT2D eigenvalue weighted by Crippen LogP contribution is 2.45. The van der Waals surface area contributed by atoms with Gasteiger partial charge >= 0.3 is 0 Å². The maximum absolute atomic E-state index is 13.6. The number of hydrogen-bond acceptors (Lipinski definition) is 4. The summed E-state index contributed by atoms with van der Waals surface area (Å²) in [5.74, 6) is -0.0708. The van der Waals surface area contributed by atoms with Gasteiger partial charge in [0.05, 0.1) is 9.79 Å². The van der Waals surface area contributed by atoms with Crippen molar-refractivity contribution < 1.29 is 18.6 Å². The van der Waals surface area contributed by atoms with Crippen molar-refractivity contribution in [1.82, 2.24) is 0 Å². The van der Waals surface area contributed by atoms with Crippen molar-refractivity contribution in [2.45, 2.75) is 9.79 Å². The van der Waals surface area contributed by atoms with E-state index in [1.54, 1.807) is 24.3 Å². The van der Waals surface area contributed by atoms with Gasteiger partial charge in [0, 0.05) is 20.1 Å². The molecule has 0 bridgehead atoms. The fourth-order valence-electron chi connectivity index (χ4n) is 3.39. The standard InChI is InChI=1S/C24H16Br2O4S/c25-23-19(13-11-17(27)21(23)15-7-3-1-4-8-15)31(29,30)20-14-12-18(28)22(24(20)26)16-9-5-2-6-10-16/h1-14,27-28H. The largest absolute Gasteiger partial charge is 0.507 e. The quantitative estimate of drug-likeness (QED) is 0.289. The number of rotatable bonds is 4. The molecule has 0 unspecified atom stereocenters. The van der Waals surface area contributed by atoms with Crippen molar-refractivity contribution in [3.8, 4) is 33.8 Å². The number of hydrogen-bond donors (Lipinski definition) is 2. The van der Waals surface area contributed by atoms with Crippen molar-refractivity contribution in [1.29, 1.82) is 0 Å². The molecule has 0 saturated heterocycles. The molecule has 0 saturated carbocycles. The van der Waals surface area contributed by atoms with E-state index in [0.717, 1.165) is 0 Å². The summed E-state index contributed by atoms with van der Waals surface area (Å²) in [5, 5.41) is 20.8. The molecule has 31 heavy (non-hydrogen) atoms. The molecule has 4 aromatic carbocycles. The third-order valence-electron chi connectivity index (χ3n) is 4.87. The van der Waals surface area contributed by atoms with Crippen LogP contribution in [0.4, 0.5) is 0 Å². The minimum Gasteiger partial charge on any atom is -0.507 e.